The van der Waals surface area contributed by atoms with E-state index in [0.717, 1.165) is 68.2 Å². The Morgan fingerprint density at radius 2 is 0.886 bits per heavy atom. The molecule has 363 valence electrons. The van der Waals surface area contributed by atoms with Crippen LogP contribution in [0.4, 0.5) is 34.1 Å². The second kappa shape index (κ2) is 27.2. The molecule has 9 rings (SSSR count). The van der Waals surface area contributed by atoms with E-state index < -0.39 is 5.91 Å². The second-order valence-electron chi connectivity index (χ2n) is 16.3. The Hall–Kier alpha value is -7.86. The first kappa shape index (κ1) is 53.1. The Balaban J connectivity index is 0.000000191. The standard InChI is InChI=1S/C18H18N2O3.C18H20N2O2.C17H19N3O2.B.H3NO/c1-23-18(22)13-7-9-14(10-8-13)19-16-11-12-20(17(16)21)15-5-3-2-4-6-15;1-22-18(21)14-7-9-15(10-8-14)19-16-11-12-20(13-16)17-5-3-2-4-6-17;21-17(19-22)13-6-8-14(9-7-13)18-15-10-11-20(12-15)16-4-2-1-3-5-16;;1-2/h2-10,16,19H,11-12H2,1H3;2-10,16,19H,11-13H2,1H3;1-9,15,18,22H,10-12H2,(H,19,21);;2H,1H2. The van der Waals surface area contributed by atoms with Crippen LogP contribution >= 0.6 is 0 Å². The summed E-state index contributed by atoms with van der Waals surface area (Å²) in [6, 6.07) is 52.6. The quantitative estimate of drug-likeness (QED) is 0.0278. The van der Waals surface area contributed by atoms with Gasteiger partial charge in [-0.1, -0.05) is 54.6 Å². The molecule has 0 aromatic heterocycles. The van der Waals surface area contributed by atoms with Crippen molar-refractivity contribution < 1.29 is 39.1 Å². The molecule has 3 heterocycles. The van der Waals surface area contributed by atoms with Crippen molar-refractivity contribution in [2.24, 2.45) is 5.90 Å². The number of carbonyl (C=O) groups excluding carboxylic acids is 4. The molecule has 3 aliphatic rings. The zero-order chi connectivity index (χ0) is 49.0. The number of hydrogen-bond donors (Lipinski definition) is 7. The van der Waals surface area contributed by atoms with E-state index >= 15 is 0 Å². The highest BCUT2D eigenvalue weighted by molar-refractivity contribution is 6.01. The summed E-state index contributed by atoms with van der Waals surface area (Å²) in [5, 5.41) is 25.4. The molecule has 3 fully saturated rings. The number of methoxy groups -OCH3 is 2. The van der Waals surface area contributed by atoms with E-state index in [2.05, 4.69) is 84.9 Å². The smallest absolute Gasteiger partial charge is 0.337 e. The third-order valence-electron chi connectivity index (χ3n) is 11.8. The lowest BCUT2D eigenvalue weighted by molar-refractivity contribution is -0.117. The number of nitrogens with one attached hydrogen (secondary N) is 4. The van der Waals surface area contributed by atoms with E-state index in [-0.39, 0.29) is 32.3 Å². The summed E-state index contributed by atoms with van der Waals surface area (Å²) >= 11 is 0. The largest absolute Gasteiger partial charge is 0.465 e. The molecule has 3 aliphatic heterocycles. The van der Waals surface area contributed by atoms with Crippen molar-refractivity contribution in [3.05, 3.63) is 180 Å². The SMILES string of the molecule is COC(=O)c1ccc(NC2CCN(c3ccccc3)C2)cc1.COC(=O)c1ccc(NC2CCN(c3ccccc3)C2=O)cc1.NO.O=C(NO)c1ccc(NC2CCN(c3ccccc3)C2)cc1.[B]. The highest BCUT2D eigenvalue weighted by Gasteiger charge is 2.32. The maximum Gasteiger partial charge on any atom is 0.337 e. The highest BCUT2D eigenvalue weighted by atomic mass is 16.5. The minimum absolute atomic E-state index is 0. The fourth-order valence-corrected chi connectivity index (χ4v) is 8.28. The summed E-state index contributed by atoms with van der Waals surface area (Å²) in [4.78, 5) is 53.2. The number of hydroxylamine groups is 1. The Bertz CT molecular complexity index is 2410. The van der Waals surface area contributed by atoms with Gasteiger partial charge < -0.3 is 45.3 Å². The zero-order valence-electron chi connectivity index (χ0n) is 39.3. The Kier molecular flexibility index (Phi) is 20.6. The summed E-state index contributed by atoms with van der Waals surface area (Å²) < 4.78 is 9.38. The number of benzene rings is 6. The van der Waals surface area contributed by atoms with Crippen LogP contribution in [0.5, 0.6) is 0 Å². The fraction of sp³-hybridized carbons (Fsp3) is 0.245. The fourth-order valence-electron chi connectivity index (χ4n) is 8.28. The molecule has 3 saturated heterocycles. The molecule has 3 atom stereocenters. The number of rotatable bonds is 12. The third kappa shape index (κ3) is 14.8. The molecule has 8 N–H and O–H groups in total. The van der Waals surface area contributed by atoms with Crippen molar-refractivity contribution in [3.8, 4) is 0 Å². The van der Waals surface area contributed by atoms with Crippen molar-refractivity contribution in [1.82, 2.24) is 5.48 Å². The Morgan fingerprint density at radius 3 is 1.27 bits per heavy atom. The lowest BCUT2D eigenvalue weighted by atomic mass is 10.2. The highest BCUT2D eigenvalue weighted by Crippen LogP contribution is 2.26. The lowest BCUT2D eigenvalue weighted by Gasteiger charge is -2.19. The van der Waals surface area contributed by atoms with Gasteiger partial charge in [-0.25, -0.2) is 21.0 Å². The van der Waals surface area contributed by atoms with Crippen LogP contribution in [-0.4, -0.2) is 108 Å². The van der Waals surface area contributed by atoms with Crippen LogP contribution in [0.1, 0.15) is 50.3 Å². The molecule has 6 aromatic rings. The first-order chi connectivity index (χ1) is 33.7. The van der Waals surface area contributed by atoms with Crippen molar-refractivity contribution in [2.45, 2.75) is 37.4 Å². The molecule has 6 aromatic carbocycles. The number of anilines is 6. The van der Waals surface area contributed by atoms with Gasteiger partial charge in [-0.05, 0) is 128 Å². The molecule has 0 spiro atoms. The zero-order valence-corrected chi connectivity index (χ0v) is 39.3. The molecule has 17 heteroatoms. The molecule has 0 bridgehead atoms. The van der Waals surface area contributed by atoms with Gasteiger partial charge in [-0.2, -0.15) is 0 Å². The van der Waals surface area contributed by atoms with Gasteiger partial charge in [0, 0.05) is 92.9 Å². The predicted molar refractivity (Wildman–Crippen MR) is 275 cm³/mol. The normalized spacial score (nSPS) is 16.6. The molecule has 0 aliphatic carbocycles. The van der Waals surface area contributed by atoms with Gasteiger partial charge in [0.15, 0.2) is 0 Å². The minimum Gasteiger partial charge on any atom is -0.465 e. The average Bonchev–Trinajstić information content (AvgIpc) is 4.19. The van der Waals surface area contributed by atoms with Crippen LogP contribution in [0.15, 0.2) is 164 Å². The van der Waals surface area contributed by atoms with Gasteiger partial charge in [-0.3, -0.25) is 14.8 Å². The summed E-state index contributed by atoms with van der Waals surface area (Å²) in [6.45, 7) is 4.74. The molecule has 3 unspecified atom stereocenters. The van der Waals surface area contributed by atoms with Crippen LogP contribution in [0.3, 0.4) is 0 Å². The summed E-state index contributed by atoms with van der Waals surface area (Å²) in [6.07, 6.45) is 2.92. The first-order valence-electron chi connectivity index (χ1n) is 22.6. The number of nitrogens with two attached hydrogens (primary N) is 1. The van der Waals surface area contributed by atoms with Crippen LogP contribution in [-0.2, 0) is 14.3 Å². The van der Waals surface area contributed by atoms with Crippen LogP contribution in [0.2, 0.25) is 0 Å². The van der Waals surface area contributed by atoms with E-state index in [9.17, 15) is 19.2 Å². The monoisotopic (exact) mass is 947 g/mol. The summed E-state index contributed by atoms with van der Waals surface area (Å²) in [5.74, 6) is 2.39. The summed E-state index contributed by atoms with van der Waals surface area (Å²) in [7, 11) is 2.75. The Labute approximate surface area is 410 Å². The van der Waals surface area contributed by atoms with Gasteiger partial charge >= 0.3 is 11.9 Å². The molecular formula is C53H60BN8O8. The summed E-state index contributed by atoms with van der Waals surface area (Å²) in [5.41, 5.74) is 9.40. The number of carbonyl (C=O) groups is 4. The topological polar surface area (TPSA) is 211 Å². The molecule has 70 heavy (non-hydrogen) atoms. The van der Waals surface area contributed by atoms with Gasteiger partial charge in [0.25, 0.3) is 5.91 Å². The third-order valence-corrected chi connectivity index (χ3v) is 11.8. The minimum atomic E-state index is -0.498. The predicted octanol–water partition coefficient (Wildman–Crippen LogP) is 7.30. The van der Waals surface area contributed by atoms with Crippen LogP contribution in [0.25, 0.3) is 0 Å². The van der Waals surface area contributed by atoms with E-state index in [1.807, 2.05) is 66.7 Å². The lowest BCUT2D eigenvalue weighted by Crippen LogP contribution is -2.33. The number of amides is 2. The molecule has 3 radical (unpaired) electrons. The number of para-hydroxylation sites is 3. The van der Waals surface area contributed by atoms with Crippen LogP contribution < -0.4 is 42.0 Å². The number of hydrogen-bond acceptors (Lipinski definition) is 14. The van der Waals surface area contributed by atoms with Crippen molar-refractivity contribution in [3.63, 3.8) is 0 Å². The molecular weight excluding hydrogens is 887 g/mol. The van der Waals surface area contributed by atoms with E-state index in [4.69, 9.17) is 15.2 Å². The van der Waals surface area contributed by atoms with Gasteiger partial charge in [0.05, 0.1) is 25.3 Å². The average molecular weight is 948 g/mol. The first-order valence-corrected chi connectivity index (χ1v) is 22.6. The number of ether oxygens (including phenoxy) is 2. The molecule has 0 saturated carbocycles. The van der Waals surface area contributed by atoms with E-state index in [0.29, 0.717) is 35.3 Å². The van der Waals surface area contributed by atoms with Gasteiger partial charge in [-0.15, -0.1) is 0 Å². The van der Waals surface area contributed by atoms with Crippen LogP contribution in [0, 0.1) is 0 Å². The second-order valence-corrected chi connectivity index (χ2v) is 16.3. The maximum absolute atomic E-state index is 12.5. The van der Waals surface area contributed by atoms with Crippen molar-refractivity contribution >= 4 is 66.3 Å². The van der Waals surface area contributed by atoms with Crippen molar-refractivity contribution in [1.29, 1.82) is 0 Å². The number of nitrogens with zero attached hydrogens (tertiary/aromatic N) is 3. The van der Waals surface area contributed by atoms with Gasteiger partial charge in [0.1, 0.15) is 6.04 Å². The maximum atomic E-state index is 12.5. The van der Waals surface area contributed by atoms with E-state index in [1.165, 1.54) is 25.6 Å². The van der Waals surface area contributed by atoms with Gasteiger partial charge in [0.2, 0.25) is 5.91 Å². The molecule has 2 amide bonds. The Morgan fingerprint density at radius 1 is 0.514 bits per heavy atom. The van der Waals surface area contributed by atoms with Crippen molar-refractivity contribution in [2.75, 3.05) is 77.6 Å². The molecule has 16 nitrogen and oxygen atoms in total. The van der Waals surface area contributed by atoms with E-state index in [1.54, 1.807) is 58.9 Å². The number of esters is 2.